The lowest BCUT2D eigenvalue weighted by Gasteiger charge is -2.21. The highest BCUT2D eigenvalue weighted by Crippen LogP contribution is 2.47. The number of benzene rings is 1. The Labute approximate surface area is 152 Å². The largest absolute Gasteiger partial charge is 0.481 e. The number of methoxy groups -OCH3 is 3. The summed E-state index contributed by atoms with van der Waals surface area (Å²) in [5, 5.41) is 0. The second kappa shape index (κ2) is 7.59. The summed E-state index contributed by atoms with van der Waals surface area (Å²) in [6, 6.07) is 8.33. The summed E-state index contributed by atoms with van der Waals surface area (Å²) in [6.07, 6.45) is 0.966. The third-order valence-corrected chi connectivity index (χ3v) is 4.60. The van der Waals surface area contributed by atoms with Gasteiger partial charge in [0.1, 0.15) is 0 Å². The zero-order valence-electron chi connectivity index (χ0n) is 15.3. The molecule has 2 atom stereocenters. The molecule has 26 heavy (non-hydrogen) atoms. The van der Waals surface area contributed by atoms with E-state index in [2.05, 4.69) is 33.8 Å². The molecule has 0 spiro atoms. The normalized spacial score (nSPS) is 18.2. The topological polar surface area (TPSA) is 79.8 Å². The molecular formula is C19H22N2O5. The summed E-state index contributed by atoms with van der Waals surface area (Å²) >= 11 is 0. The fourth-order valence-electron chi connectivity index (χ4n) is 3.47. The fraction of sp³-hybridized carbons (Fsp3) is 0.421. The molecule has 0 fully saturated rings. The van der Waals surface area contributed by atoms with Crippen LogP contribution in [0.1, 0.15) is 29.5 Å². The lowest BCUT2D eigenvalue weighted by atomic mass is 9.88. The molecule has 7 heteroatoms. The number of aromatic nitrogens is 2. The zero-order valence-corrected chi connectivity index (χ0v) is 15.3. The number of fused-ring (bicyclic) bond motifs is 1. The molecule has 7 nitrogen and oxygen atoms in total. The van der Waals surface area contributed by atoms with Crippen LogP contribution < -0.4 is 14.2 Å². The minimum absolute atomic E-state index is 0.00628. The Kier molecular flexibility index (Phi) is 5.25. The highest BCUT2D eigenvalue weighted by molar-refractivity contribution is 5.70. The molecule has 3 rings (SSSR count). The van der Waals surface area contributed by atoms with Gasteiger partial charge in [-0.2, -0.15) is 9.97 Å². The Morgan fingerprint density at radius 2 is 1.77 bits per heavy atom. The van der Waals surface area contributed by atoms with E-state index in [1.807, 2.05) is 12.1 Å². The lowest BCUT2D eigenvalue weighted by molar-refractivity contribution is -0.143. The second-order valence-electron chi connectivity index (χ2n) is 6.16. The van der Waals surface area contributed by atoms with Gasteiger partial charge in [-0.25, -0.2) is 4.79 Å². The average Bonchev–Trinajstić information content (AvgIpc) is 3.00. The second-order valence-corrected chi connectivity index (χ2v) is 6.16. The van der Waals surface area contributed by atoms with Crippen molar-refractivity contribution in [2.75, 3.05) is 27.9 Å². The number of rotatable bonds is 6. The van der Waals surface area contributed by atoms with E-state index in [0.717, 1.165) is 12.0 Å². The highest BCUT2D eigenvalue weighted by atomic mass is 16.6. The molecule has 1 aromatic carbocycles. The Morgan fingerprint density at radius 3 is 2.38 bits per heavy atom. The first kappa shape index (κ1) is 18.0. The lowest BCUT2D eigenvalue weighted by Crippen LogP contribution is -2.16. The number of hydrogen-bond acceptors (Lipinski definition) is 7. The molecule has 0 radical (unpaired) electrons. The van der Waals surface area contributed by atoms with E-state index in [1.54, 1.807) is 14.2 Å². The van der Waals surface area contributed by atoms with Crippen molar-refractivity contribution in [3.63, 3.8) is 0 Å². The molecular weight excluding hydrogens is 336 g/mol. The van der Waals surface area contributed by atoms with E-state index in [4.69, 9.17) is 14.2 Å². The summed E-state index contributed by atoms with van der Waals surface area (Å²) in [5.41, 5.74) is 3.32. The third kappa shape index (κ3) is 3.29. The van der Waals surface area contributed by atoms with E-state index in [1.165, 1.54) is 18.2 Å². The van der Waals surface area contributed by atoms with E-state index in [0.29, 0.717) is 17.7 Å². The molecule has 0 bridgehead atoms. The maximum atomic E-state index is 11.3. The van der Waals surface area contributed by atoms with Crippen LogP contribution in [0.15, 0.2) is 24.3 Å². The molecule has 0 saturated carbocycles. The zero-order chi connectivity index (χ0) is 18.7. The van der Waals surface area contributed by atoms with Gasteiger partial charge in [0.05, 0.1) is 26.9 Å². The summed E-state index contributed by atoms with van der Waals surface area (Å²) in [4.78, 5) is 19.9. The van der Waals surface area contributed by atoms with Crippen molar-refractivity contribution < 1.29 is 23.7 Å². The molecule has 1 aromatic heterocycles. The van der Waals surface area contributed by atoms with E-state index in [9.17, 15) is 4.79 Å². The van der Waals surface area contributed by atoms with Crippen LogP contribution in [0.2, 0.25) is 0 Å². The number of carbonyl (C=O) groups excluding carboxylic acids is 1. The number of hydrogen-bond donors (Lipinski definition) is 0. The standard InChI is InChI=1S/C19H22N2O5/c1-11-9-12-7-5-6-8-13(12)15(11)16-17(24-3)20-19(21-18(16)25-4)26-10-14(22)23-2/h5-8,11,15H,9-10H2,1-4H3. The third-order valence-electron chi connectivity index (χ3n) is 4.60. The smallest absolute Gasteiger partial charge is 0.344 e. The predicted octanol–water partition coefficient (Wildman–Crippen LogP) is 2.37. The summed E-state index contributed by atoms with van der Waals surface area (Å²) in [5.74, 6) is 0.649. The van der Waals surface area contributed by atoms with Gasteiger partial charge in [-0.05, 0) is 23.5 Å². The van der Waals surface area contributed by atoms with Crippen LogP contribution in [0, 0.1) is 5.92 Å². The van der Waals surface area contributed by atoms with Crippen LogP contribution >= 0.6 is 0 Å². The van der Waals surface area contributed by atoms with Crippen LogP contribution in [0.4, 0.5) is 0 Å². The Morgan fingerprint density at radius 1 is 1.12 bits per heavy atom. The number of carbonyl (C=O) groups is 1. The van der Waals surface area contributed by atoms with Crippen molar-refractivity contribution in [2.24, 2.45) is 5.92 Å². The van der Waals surface area contributed by atoms with Crippen molar-refractivity contribution >= 4 is 5.97 Å². The van der Waals surface area contributed by atoms with Gasteiger partial charge in [0.2, 0.25) is 11.8 Å². The Bertz CT molecular complexity index is 783. The van der Waals surface area contributed by atoms with Crippen LogP contribution in [0.3, 0.4) is 0 Å². The van der Waals surface area contributed by atoms with Crippen molar-refractivity contribution in [2.45, 2.75) is 19.3 Å². The first-order valence-corrected chi connectivity index (χ1v) is 8.36. The van der Waals surface area contributed by atoms with Gasteiger partial charge in [0, 0.05) is 5.92 Å². The van der Waals surface area contributed by atoms with Crippen LogP contribution in [0.5, 0.6) is 17.8 Å². The van der Waals surface area contributed by atoms with Crippen molar-refractivity contribution in [3.8, 4) is 17.8 Å². The Hall–Kier alpha value is -2.83. The van der Waals surface area contributed by atoms with Gasteiger partial charge in [0.25, 0.3) is 0 Å². The molecule has 1 aliphatic carbocycles. The van der Waals surface area contributed by atoms with Gasteiger partial charge < -0.3 is 18.9 Å². The monoisotopic (exact) mass is 358 g/mol. The van der Waals surface area contributed by atoms with Crippen LogP contribution in [0.25, 0.3) is 0 Å². The predicted molar refractivity (Wildman–Crippen MR) is 93.8 cm³/mol. The van der Waals surface area contributed by atoms with E-state index >= 15 is 0 Å². The summed E-state index contributed by atoms with van der Waals surface area (Å²) in [6.45, 7) is 1.90. The molecule has 0 saturated heterocycles. The molecule has 2 aromatic rings. The van der Waals surface area contributed by atoms with Crippen LogP contribution in [-0.4, -0.2) is 43.9 Å². The van der Waals surface area contributed by atoms with Gasteiger partial charge in [-0.1, -0.05) is 31.2 Å². The minimum Gasteiger partial charge on any atom is -0.481 e. The highest BCUT2D eigenvalue weighted by Gasteiger charge is 2.36. The SMILES string of the molecule is COC(=O)COc1nc(OC)c(C2c3ccccc3CC2C)c(OC)n1. The summed E-state index contributed by atoms with van der Waals surface area (Å²) < 4.78 is 20.9. The number of esters is 1. The first-order chi connectivity index (χ1) is 12.6. The molecule has 2 unspecified atom stereocenters. The first-order valence-electron chi connectivity index (χ1n) is 8.36. The molecule has 0 N–H and O–H groups in total. The number of ether oxygens (including phenoxy) is 4. The van der Waals surface area contributed by atoms with E-state index < -0.39 is 5.97 Å². The molecule has 0 amide bonds. The minimum atomic E-state index is -0.519. The van der Waals surface area contributed by atoms with Crippen molar-refractivity contribution in [1.29, 1.82) is 0 Å². The quantitative estimate of drug-likeness (QED) is 0.733. The van der Waals surface area contributed by atoms with Crippen molar-refractivity contribution in [1.82, 2.24) is 9.97 Å². The molecule has 1 aliphatic rings. The fourth-order valence-corrected chi connectivity index (χ4v) is 3.47. The summed E-state index contributed by atoms with van der Waals surface area (Å²) in [7, 11) is 4.37. The van der Waals surface area contributed by atoms with Gasteiger partial charge in [0.15, 0.2) is 6.61 Å². The maximum absolute atomic E-state index is 11.3. The van der Waals surface area contributed by atoms with Gasteiger partial charge in [-0.15, -0.1) is 0 Å². The van der Waals surface area contributed by atoms with E-state index in [-0.39, 0.29) is 18.5 Å². The Balaban J connectivity index is 2.03. The van der Waals surface area contributed by atoms with Gasteiger partial charge in [-0.3, -0.25) is 0 Å². The molecule has 0 aliphatic heterocycles. The average molecular weight is 358 g/mol. The van der Waals surface area contributed by atoms with Crippen molar-refractivity contribution in [3.05, 3.63) is 41.0 Å². The molecule has 138 valence electrons. The molecule has 1 heterocycles. The number of nitrogens with zero attached hydrogens (tertiary/aromatic N) is 2. The van der Waals surface area contributed by atoms with Crippen LogP contribution in [-0.2, 0) is 16.0 Å². The van der Waals surface area contributed by atoms with Gasteiger partial charge >= 0.3 is 12.0 Å². The maximum Gasteiger partial charge on any atom is 0.344 e.